The van der Waals surface area contributed by atoms with Crippen LogP contribution in [0.4, 0.5) is 13.2 Å². The fraction of sp³-hybridized carbons (Fsp3) is 0.316. The fourth-order valence-corrected chi connectivity index (χ4v) is 2.54. The number of aliphatic carboxylic acids is 1. The van der Waals surface area contributed by atoms with Crippen LogP contribution in [0, 0.1) is 0 Å². The summed E-state index contributed by atoms with van der Waals surface area (Å²) < 4.78 is 36.6. The molecule has 30 heavy (non-hydrogen) atoms. The second-order valence-corrected chi connectivity index (χ2v) is 6.99. The number of carboxylic acid groups (broad SMARTS) is 1. The number of carbonyl (C=O) groups is 2. The summed E-state index contributed by atoms with van der Waals surface area (Å²) in [5.74, 6) is -2.98. The van der Waals surface area contributed by atoms with Crippen LogP contribution < -0.4 is 11.1 Å². The average Bonchev–Trinajstić information content (AvgIpc) is 3.27. The highest BCUT2D eigenvalue weighted by Gasteiger charge is 2.38. The predicted octanol–water partition coefficient (Wildman–Crippen LogP) is 2.96. The molecule has 0 fully saturated rings. The van der Waals surface area contributed by atoms with E-state index in [1.807, 2.05) is 18.2 Å². The van der Waals surface area contributed by atoms with E-state index in [1.54, 1.807) is 13.8 Å². The number of aromatic amines is 1. The van der Waals surface area contributed by atoms with Crippen LogP contribution in [0.2, 0.25) is 0 Å². The molecule has 2 heterocycles. The first-order valence-electron chi connectivity index (χ1n) is 8.78. The second-order valence-electron chi connectivity index (χ2n) is 6.99. The maximum atomic E-state index is 12.3. The molecule has 8 nitrogen and oxygen atoms in total. The van der Waals surface area contributed by atoms with E-state index in [2.05, 4.69) is 27.6 Å². The summed E-state index contributed by atoms with van der Waals surface area (Å²) >= 11 is 0. The number of alkyl halides is 3. The van der Waals surface area contributed by atoms with Gasteiger partial charge in [0.05, 0.1) is 5.54 Å². The van der Waals surface area contributed by atoms with Gasteiger partial charge in [0, 0.05) is 24.2 Å². The Labute approximate surface area is 169 Å². The summed E-state index contributed by atoms with van der Waals surface area (Å²) in [6.45, 7) is 4.08. The quantitative estimate of drug-likeness (QED) is 0.496. The van der Waals surface area contributed by atoms with Crippen molar-refractivity contribution in [2.45, 2.75) is 32.0 Å². The number of para-hydroxylation sites is 1. The van der Waals surface area contributed by atoms with Gasteiger partial charge in [0.1, 0.15) is 17.5 Å². The normalized spacial score (nSPS) is 11.7. The molecule has 1 aromatic carbocycles. The van der Waals surface area contributed by atoms with Gasteiger partial charge in [-0.2, -0.15) is 13.2 Å². The molecule has 0 radical (unpaired) electrons. The van der Waals surface area contributed by atoms with Crippen LogP contribution in [-0.4, -0.2) is 39.8 Å². The molecule has 0 saturated carbocycles. The molecule has 1 amide bonds. The number of benzene rings is 1. The van der Waals surface area contributed by atoms with Crippen molar-refractivity contribution in [1.29, 1.82) is 0 Å². The number of aromatic nitrogens is 2. The Balaban J connectivity index is 0.000000396. The molecule has 0 bridgehead atoms. The standard InChI is InChI=1S/C17H20N4O2.C2HF3O2/c1-17(2,18)15-13(10-23-21-15)16(22)19-8-7-12-9-11-5-3-4-6-14(11)20-12;3-2(4,5)1(6)7/h3-6,9-10,20H,7-8,18H2,1-2H3,(H,19,22);(H,6,7). The van der Waals surface area contributed by atoms with E-state index in [0.29, 0.717) is 24.2 Å². The third-order valence-corrected chi connectivity index (χ3v) is 3.93. The van der Waals surface area contributed by atoms with E-state index < -0.39 is 17.7 Å². The van der Waals surface area contributed by atoms with E-state index in [4.69, 9.17) is 20.2 Å². The smallest absolute Gasteiger partial charge is 0.475 e. The lowest BCUT2D eigenvalue weighted by Gasteiger charge is -2.16. The highest BCUT2D eigenvalue weighted by atomic mass is 19.4. The summed E-state index contributed by atoms with van der Waals surface area (Å²) in [6, 6.07) is 10.2. The van der Waals surface area contributed by atoms with Crippen LogP contribution in [0.3, 0.4) is 0 Å². The van der Waals surface area contributed by atoms with Crippen LogP contribution in [0.5, 0.6) is 0 Å². The number of nitrogens with zero attached hydrogens (tertiary/aromatic N) is 1. The van der Waals surface area contributed by atoms with Gasteiger partial charge in [-0.15, -0.1) is 0 Å². The van der Waals surface area contributed by atoms with Gasteiger partial charge in [-0.05, 0) is 31.4 Å². The molecule has 0 saturated heterocycles. The first-order valence-corrected chi connectivity index (χ1v) is 8.78. The van der Waals surface area contributed by atoms with Crippen LogP contribution in [-0.2, 0) is 16.8 Å². The molecule has 11 heteroatoms. The van der Waals surface area contributed by atoms with Crippen molar-refractivity contribution in [2.75, 3.05) is 6.54 Å². The minimum absolute atomic E-state index is 0.226. The molecule has 0 aliphatic carbocycles. The zero-order chi connectivity index (χ0) is 22.5. The van der Waals surface area contributed by atoms with Gasteiger partial charge in [-0.3, -0.25) is 4.79 Å². The minimum Gasteiger partial charge on any atom is -0.475 e. The Morgan fingerprint density at radius 2 is 1.90 bits per heavy atom. The Bertz CT molecular complexity index is 986. The Morgan fingerprint density at radius 1 is 1.27 bits per heavy atom. The van der Waals surface area contributed by atoms with Crippen molar-refractivity contribution in [3.8, 4) is 0 Å². The monoisotopic (exact) mass is 426 g/mol. The molecule has 3 aromatic rings. The topological polar surface area (TPSA) is 134 Å². The van der Waals surface area contributed by atoms with E-state index in [9.17, 15) is 18.0 Å². The van der Waals surface area contributed by atoms with E-state index in [0.717, 1.165) is 11.2 Å². The Morgan fingerprint density at radius 3 is 2.47 bits per heavy atom. The number of amides is 1. The van der Waals surface area contributed by atoms with Gasteiger partial charge in [-0.1, -0.05) is 23.4 Å². The van der Waals surface area contributed by atoms with E-state index in [-0.39, 0.29) is 5.91 Å². The lowest BCUT2D eigenvalue weighted by atomic mass is 9.98. The molecule has 3 rings (SSSR count). The van der Waals surface area contributed by atoms with Crippen LogP contribution in [0.1, 0.15) is 35.6 Å². The second kappa shape index (κ2) is 8.99. The van der Waals surface area contributed by atoms with Crippen molar-refractivity contribution in [3.63, 3.8) is 0 Å². The van der Waals surface area contributed by atoms with Gasteiger partial charge < -0.3 is 25.7 Å². The Kier molecular flexibility index (Phi) is 6.88. The molecule has 5 N–H and O–H groups in total. The molecule has 0 spiro atoms. The predicted molar refractivity (Wildman–Crippen MR) is 102 cm³/mol. The summed E-state index contributed by atoms with van der Waals surface area (Å²) in [6.07, 6.45) is -3.03. The highest BCUT2D eigenvalue weighted by molar-refractivity contribution is 5.95. The van der Waals surface area contributed by atoms with E-state index >= 15 is 0 Å². The molecule has 162 valence electrons. The molecule has 2 aromatic heterocycles. The van der Waals surface area contributed by atoms with Gasteiger partial charge in [0.15, 0.2) is 0 Å². The van der Waals surface area contributed by atoms with Crippen molar-refractivity contribution in [1.82, 2.24) is 15.5 Å². The lowest BCUT2D eigenvalue weighted by molar-refractivity contribution is -0.192. The third kappa shape index (κ3) is 6.08. The molecular formula is C19H21F3N4O4. The lowest BCUT2D eigenvalue weighted by Crippen LogP contribution is -2.34. The maximum absolute atomic E-state index is 12.3. The largest absolute Gasteiger partial charge is 0.490 e. The molecule has 0 aliphatic heterocycles. The summed E-state index contributed by atoms with van der Waals surface area (Å²) in [4.78, 5) is 24.5. The number of carboxylic acids is 1. The van der Waals surface area contributed by atoms with Crippen molar-refractivity contribution in [2.24, 2.45) is 5.73 Å². The number of carbonyl (C=O) groups excluding carboxylic acids is 1. The number of fused-ring (bicyclic) bond motifs is 1. The summed E-state index contributed by atoms with van der Waals surface area (Å²) in [5, 5.41) is 15.0. The van der Waals surface area contributed by atoms with Gasteiger partial charge in [0.2, 0.25) is 0 Å². The van der Waals surface area contributed by atoms with Crippen molar-refractivity contribution in [3.05, 3.63) is 53.5 Å². The number of hydrogen-bond acceptors (Lipinski definition) is 5. The van der Waals surface area contributed by atoms with Gasteiger partial charge >= 0.3 is 12.1 Å². The number of H-pyrrole nitrogens is 1. The van der Waals surface area contributed by atoms with Crippen LogP contribution in [0.15, 0.2) is 41.1 Å². The van der Waals surface area contributed by atoms with Crippen molar-refractivity contribution >= 4 is 22.8 Å². The highest BCUT2D eigenvalue weighted by Crippen LogP contribution is 2.19. The SMILES string of the molecule is CC(C)(N)c1nocc1C(=O)NCCc1cc2ccccc2[nH]1.O=C(O)C(F)(F)F. The summed E-state index contributed by atoms with van der Waals surface area (Å²) in [7, 11) is 0. The molecule has 0 unspecified atom stereocenters. The van der Waals surface area contributed by atoms with Crippen LogP contribution in [0.25, 0.3) is 10.9 Å². The number of nitrogens with one attached hydrogen (secondary N) is 2. The first kappa shape index (κ1) is 22.9. The maximum Gasteiger partial charge on any atom is 0.490 e. The first-order chi connectivity index (χ1) is 13.9. The minimum atomic E-state index is -5.08. The van der Waals surface area contributed by atoms with E-state index in [1.165, 1.54) is 11.6 Å². The molecular weight excluding hydrogens is 405 g/mol. The molecule has 0 atom stereocenters. The fourth-order valence-electron chi connectivity index (χ4n) is 2.54. The zero-order valence-electron chi connectivity index (χ0n) is 16.2. The third-order valence-electron chi connectivity index (χ3n) is 3.93. The summed E-state index contributed by atoms with van der Waals surface area (Å²) in [5.41, 5.74) is 8.29. The van der Waals surface area contributed by atoms with Gasteiger partial charge in [-0.25, -0.2) is 4.79 Å². The molecule has 0 aliphatic rings. The number of rotatable bonds is 5. The average molecular weight is 426 g/mol. The Hall–Kier alpha value is -3.34. The van der Waals surface area contributed by atoms with Gasteiger partial charge in [0.25, 0.3) is 5.91 Å². The zero-order valence-corrected chi connectivity index (χ0v) is 16.2. The number of nitrogens with two attached hydrogens (primary N) is 1. The number of halogens is 3. The number of hydrogen-bond donors (Lipinski definition) is 4. The van der Waals surface area contributed by atoms with Crippen molar-refractivity contribution < 1.29 is 32.4 Å². The van der Waals surface area contributed by atoms with Crippen LogP contribution >= 0.6 is 0 Å².